The first kappa shape index (κ1) is 14.0. The molecule has 0 radical (unpaired) electrons. The van der Waals surface area contributed by atoms with Gasteiger partial charge in [-0.2, -0.15) is 15.0 Å². The third-order valence-electron chi connectivity index (χ3n) is 3.40. The lowest BCUT2D eigenvalue weighted by molar-refractivity contribution is 0.628. The van der Waals surface area contributed by atoms with Gasteiger partial charge in [0.15, 0.2) is 0 Å². The molecule has 110 valence electrons. The molecule has 0 aliphatic heterocycles. The SMILES string of the molecule is Fc1ccc(Nc2nc(Cl)nc(NC3CCCC3)n2)cc1. The highest BCUT2D eigenvalue weighted by atomic mass is 35.5. The summed E-state index contributed by atoms with van der Waals surface area (Å²) in [5.74, 6) is 0.506. The van der Waals surface area contributed by atoms with Crippen LogP contribution in [0.4, 0.5) is 22.0 Å². The summed E-state index contributed by atoms with van der Waals surface area (Å²) >= 11 is 5.92. The first-order chi connectivity index (χ1) is 10.2. The van der Waals surface area contributed by atoms with Gasteiger partial charge in [0.1, 0.15) is 5.82 Å². The molecule has 0 saturated heterocycles. The molecule has 1 heterocycles. The van der Waals surface area contributed by atoms with E-state index in [0.29, 0.717) is 23.6 Å². The molecule has 5 nitrogen and oxygen atoms in total. The summed E-state index contributed by atoms with van der Waals surface area (Å²) < 4.78 is 12.9. The third-order valence-corrected chi connectivity index (χ3v) is 3.57. The molecule has 21 heavy (non-hydrogen) atoms. The molecule has 0 unspecified atom stereocenters. The van der Waals surface area contributed by atoms with E-state index in [1.165, 1.54) is 25.0 Å². The molecule has 0 atom stereocenters. The fourth-order valence-corrected chi connectivity index (χ4v) is 2.55. The minimum atomic E-state index is -0.294. The number of rotatable bonds is 4. The monoisotopic (exact) mass is 307 g/mol. The van der Waals surface area contributed by atoms with Crippen molar-refractivity contribution in [3.8, 4) is 0 Å². The molecular formula is C14H15ClFN5. The molecule has 1 aromatic carbocycles. The van der Waals surface area contributed by atoms with Crippen molar-refractivity contribution in [2.24, 2.45) is 0 Å². The zero-order valence-electron chi connectivity index (χ0n) is 11.3. The Morgan fingerprint density at radius 1 is 1.00 bits per heavy atom. The second-order valence-electron chi connectivity index (χ2n) is 5.01. The first-order valence-electron chi connectivity index (χ1n) is 6.90. The van der Waals surface area contributed by atoms with Gasteiger partial charge < -0.3 is 10.6 Å². The quantitative estimate of drug-likeness (QED) is 0.900. The summed E-state index contributed by atoms with van der Waals surface area (Å²) in [6.45, 7) is 0. The number of hydrogen-bond donors (Lipinski definition) is 2. The van der Waals surface area contributed by atoms with Crippen LogP contribution in [0.5, 0.6) is 0 Å². The van der Waals surface area contributed by atoms with Crippen LogP contribution in [0.25, 0.3) is 0 Å². The van der Waals surface area contributed by atoms with Crippen molar-refractivity contribution < 1.29 is 4.39 Å². The third kappa shape index (κ3) is 3.78. The Morgan fingerprint density at radius 2 is 1.67 bits per heavy atom. The summed E-state index contributed by atoms with van der Waals surface area (Å²) in [4.78, 5) is 12.4. The summed E-state index contributed by atoms with van der Waals surface area (Å²) in [5.41, 5.74) is 0.686. The van der Waals surface area contributed by atoms with Crippen LogP contribution in [0, 0.1) is 5.82 Å². The van der Waals surface area contributed by atoms with Gasteiger partial charge in [-0.05, 0) is 48.7 Å². The fourth-order valence-electron chi connectivity index (χ4n) is 2.39. The van der Waals surface area contributed by atoms with Crippen molar-refractivity contribution in [3.05, 3.63) is 35.4 Å². The fraction of sp³-hybridized carbons (Fsp3) is 0.357. The number of anilines is 3. The van der Waals surface area contributed by atoms with Crippen LogP contribution < -0.4 is 10.6 Å². The van der Waals surface area contributed by atoms with E-state index >= 15 is 0 Å². The van der Waals surface area contributed by atoms with Crippen molar-refractivity contribution >= 4 is 29.2 Å². The van der Waals surface area contributed by atoms with E-state index in [1.54, 1.807) is 12.1 Å². The van der Waals surface area contributed by atoms with Gasteiger partial charge in [-0.1, -0.05) is 12.8 Å². The van der Waals surface area contributed by atoms with Gasteiger partial charge in [0.05, 0.1) is 0 Å². The zero-order valence-corrected chi connectivity index (χ0v) is 12.1. The Kier molecular flexibility index (Phi) is 4.15. The summed E-state index contributed by atoms with van der Waals surface area (Å²) in [7, 11) is 0. The van der Waals surface area contributed by atoms with E-state index < -0.39 is 0 Å². The van der Waals surface area contributed by atoms with Crippen LogP contribution >= 0.6 is 11.6 Å². The maximum atomic E-state index is 12.9. The number of hydrogen-bond acceptors (Lipinski definition) is 5. The van der Waals surface area contributed by atoms with Crippen molar-refractivity contribution in [2.75, 3.05) is 10.6 Å². The number of benzene rings is 1. The Bertz CT molecular complexity index is 613. The Balaban J connectivity index is 1.75. The van der Waals surface area contributed by atoms with E-state index in [2.05, 4.69) is 25.6 Å². The number of nitrogens with zero attached hydrogens (tertiary/aromatic N) is 3. The molecule has 1 saturated carbocycles. The van der Waals surface area contributed by atoms with Crippen molar-refractivity contribution in [1.29, 1.82) is 0 Å². The summed E-state index contributed by atoms with van der Waals surface area (Å²) in [6, 6.07) is 6.34. The van der Waals surface area contributed by atoms with Gasteiger partial charge in [0.2, 0.25) is 17.2 Å². The molecule has 3 rings (SSSR count). The average molecular weight is 308 g/mol. The van der Waals surface area contributed by atoms with Gasteiger partial charge >= 0.3 is 0 Å². The normalized spacial score (nSPS) is 15.1. The predicted octanol–water partition coefficient (Wildman–Crippen LogP) is 3.76. The highest BCUT2D eigenvalue weighted by Crippen LogP contribution is 2.22. The minimum absolute atomic E-state index is 0.120. The van der Waals surface area contributed by atoms with Crippen LogP contribution in [0.15, 0.2) is 24.3 Å². The van der Waals surface area contributed by atoms with Crippen LogP contribution in [-0.2, 0) is 0 Å². The Morgan fingerprint density at radius 3 is 2.38 bits per heavy atom. The number of aromatic nitrogens is 3. The average Bonchev–Trinajstić information content (AvgIpc) is 2.93. The van der Waals surface area contributed by atoms with Crippen LogP contribution in [-0.4, -0.2) is 21.0 Å². The van der Waals surface area contributed by atoms with Gasteiger partial charge in [-0.15, -0.1) is 0 Å². The van der Waals surface area contributed by atoms with Crippen molar-refractivity contribution in [2.45, 2.75) is 31.7 Å². The Hall–Kier alpha value is -1.95. The molecule has 1 aliphatic carbocycles. The molecule has 1 aromatic heterocycles. The molecule has 2 N–H and O–H groups in total. The second kappa shape index (κ2) is 6.22. The molecule has 0 amide bonds. The molecule has 7 heteroatoms. The van der Waals surface area contributed by atoms with E-state index in [4.69, 9.17) is 11.6 Å². The minimum Gasteiger partial charge on any atom is -0.351 e. The summed E-state index contributed by atoms with van der Waals surface area (Å²) in [6.07, 6.45) is 4.67. The lowest BCUT2D eigenvalue weighted by atomic mass is 10.3. The van der Waals surface area contributed by atoms with Gasteiger partial charge in [0.25, 0.3) is 0 Å². The molecule has 1 aliphatic rings. The molecule has 0 bridgehead atoms. The predicted molar refractivity (Wildman–Crippen MR) is 80.4 cm³/mol. The second-order valence-corrected chi connectivity index (χ2v) is 5.35. The van der Waals surface area contributed by atoms with Crippen molar-refractivity contribution in [1.82, 2.24) is 15.0 Å². The summed E-state index contributed by atoms with van der Waals surface area (Å²) in [5, 5.41) is 6.37. The van der Waals surface area contributed by atoms with Crippen LogP contribution in [0.1, 0.15) is 25.7 Å². The van der Waals surface area contributed by atoms with Gasteiger partial charge in [-0.25, -0.2) is 4.39 Å². The molecular weight excluding hydrogens is 293 g/mol. The topological polar surface area (TPSA) is 62.7 Å². The highest BCUT2D eigenvalue weighted by molar-refractivity contribution is 6.28. The number of nitrogens with one attached hydrogen (secondary N) is 2. The van der Waals surface area contributed by atoms with E-state index in [0.717, 1.165) is 12.8 Å². The maximum Gasteiger partial charge on any atom is 0.233 e. The highest BCUT2D eigenvalue weighted by Gasteiger charge is 2.16. The van der Waals surface area contributed by atoms with E-state index in [1.807, 2.05) is 0 Å². The van der Waals surface area contributed by atoms with Crippen LogP contribution in [0.3, 0.4) is 0 Å². The number of halogens is 2. The zero-order chi connectivity index (χ0) is 14.7. The van der Waals surface area contributed by atoms with Crippen molar-refractivity contribution in [3.63, 3.8) is 0 Å². The molecule has 1 fully saturated rings. The van der Waals surface area contributed by atoms with Gasteiger partial charge in [0, 0.05) is 11.7 Å². The largest absolute Gasteiger partial charge is 0.351 e. The van der Waals surface area contributed by atoms with E-state index in [-0.39, 0.29) is 11.1 Å². The lowest BCUT2D eigenvalue weighted by Gasteiger charge is -2.12. The maximum absolute atomic E-state index is 12.9. The van der Waals surface area contributed by atoms with E-state index in [9.17, 15) is 4.39 Å². The Labute approximate surface area is 127 Å². The molecule has 2 aromatic rings. The first-order valence-corrected chi connectivity index (χ1v) is 7.27. The lowest BCUT2D eigenvalue weighted by Crippen LogP contribution is -2.17. The smallest absolute Gasteiger partial charge is 0.233 e. The standard InChI is InChI=1S/C14H15ClFN5/c15-12-19-13(17-10-3-1-2-4-10)21-14(20-12)18-11-7-5-9(16)6-8-11/h5-8,10H,1-4H2,(H2,17,18,19,20,21). The molecule has 0 spiro atoms. The van der Waals surface area contributed by atoms with Crippen LogP contribution in [0.2, 0.25) is 5.28 Å². The van der Waals surface area contributed by atoms with Gasteiger partial charge in [-0.3, -0.25) is 0 Å².